The maximum Gasteiger partial charge on any atom is 0.129 e. The van der Waals surface area contributed by atoms with E-state index in [4.69, 9.17) is 9.72 Å². The Hall–Kier alpha value is -1.13. The van der Waals surface area contributed by atoms with Crippen molar-refractivity contribution in [3.63, 3.8) is 0 Å². The molecule has 0 aromatic carbocycles. The molecule has 1 fully saturated rings. The molecule has 0 spiro atoms. The topological polar surface area (TPSA) is 37.4 Å². The lowest BCUT2D eigenvalue weighted by Gasteiger charge is -2.29. The number of hydrogen-bond acceptors (Lipinski definition) is 4. The quantitative estimate of drug-likeness (QED) is 0.897. The normalized spacial score (nSPS) is 22.5. The number of likely N-dealkylation sites (N-methyl/N-ethyl adjacent to an activating group) is 1. The van der Waals surface area contributed by atoms with Crippen molar-refractivity contribution in [1.29, 1.82) is 0 Å². The first-order valence-corrected chi connectivity index (χ1v) is 7.52. The van der Waals surface area contributed by atoms with Crippen LogP contribution in [0.5, 0.6) is 0 Å². The van der Waals surface area contributed by atoms with Crippen LogP contribution < -0.4 is 10.2 Å². The van der Waals surface area contributed by atoms with Crippen LogP contribution in [0.25, 0.3) is 0 Å². The molecular formula is C16H27N3O. The van der Waals surface area contributed by atoms with E-state index in [-0.39, 0.29) is 6.10 Å². The molecule has 1 saturated heterocycles. The molecule has 1 aliphatic rings. The Morgan fingerprint density at radius 3 is 2.75 bits per heavy atom. The van der Waals surface area contributed by atoms with Crippen molar-refractivity contribution < 1.29 is 4.74 Å². The first kappa shape index (κ1) is 15.3. The fraction of sp³-hybridized carbons (Fsp3) is 0.688. The third-order valence-electron chi connectivity index (χ3n) is 4.06. The van der Waals surface area contributed by atoms with Gasteiger partial charge in [-0.15, -0.1) is 0 Å². The van der Waals surface area contributed by atoms with E-state index in [0.717, 1.165) is 31.1 Å². The van der Waals surface area contributed by atoms with E-state index >= 15 is 0 Å². The van der Waals surface area contributed by atoms with Gasteiger partial charge in [-0.2, -0.15) is 0 Å². The van der Waals surface area contributed by atoms with E-state index in [0.29, 0.717) is 12.0 Å². The average molecular weight is 277 g/mol. The van der Waals surface area contributed by atoms with Crippen LogP contribution >= 0.6 is 0 Å². The van der Waals surface area contributed by atoms with Crippen molar-refractivity contribution in [2.24, 2.45) is 0 Å². The van der Waals surface area contributed by atoms with Crippen LogP contribution in [0.4, 0.5) is 5.82 Å². The van der Waals surface area contributed by atoms with Crippen LogP contribution in [-0.2, 0) is 11.3 Å². The zero-order chi connectivity index (χ0) is 14.7. The van der Waals surface area contributed by atoms with Crippen molar-refractivity contribution in [1.82, 2.24) is 10.3 Å². The van der Waals surface area contributed by atoms with Crippen molar-refractivity contribution in [3.8, 4) is 0 Å². The Morgan fingerprint density at radius 1 is 1.45 bits per heavy atom. The number of rotatable bonds is 5. The van der Waals surface area contributed by atoms with Crippen LogP contribution in [0, 0.1) is 0 Å². The Kier molecular flexibility index (Phi) is 5.00. The molecule has 2 heterocycles. The van der Waals surface area contributed by atoms with Crippen LogP contribution in [0.2, 0.25) is 0 Å². The molecule has 0 saturated carbocycles. The average Bonchev–Trinajstić information content (AvgIpc) is 2.84. The molecule has 1 N–H and O–H groups in total. The molecule has 1 aromatic heterocycles. The smallest absolute Gasteiger partial charge is 0.129 e. The first-order chi connectivity index (χ1) is 9.52. The summed E-state index contributed by atoms with van der Waals surface area (Å²) in [6.45, 7) is 8.26. The Balaban J connectivity index is 2.29. The summed E-state index contributed by atoms with van der Waals surface area (Å²) in [5.41, 5.74) is 2.45. The van der Waals surface area contributed by atoms with Gasteiger partial charge in [0.15, 0.2) is 0 Å². The second-order valence-corrected chi connectivity index (χ2v) is 5.99. The van der Waals surface area contributed by atoms with Crippen LogP contribution in [-0.4, -0.2) is 37.8 Å². The fourth-order valence-corrected chi connectivity index (χ4v) is 2.78. The predicted octanol–water partition coefficient (Wildman–Crippen LogP) is 2.54. The van der Waals surface area contributed by atoms with Crippen LogP contribution in [0.15, 0.2) is 12.1 Å². The SMILES string of the molecule is CNCc1cc(C(C)C)nc(N(C)C2CCOC2C)c1. The highest BCUT2D eigenvalue weighted by Gasteiger charge is 2.29. The number of nitrogens with one attached hydrogen (secondary N) is 1. The van der Waals surface area contributed by atoms with Gasteiger partial charge < -0.3 is 15.0 Å². The molecule has 0 amide bonds. The lowest BCUT2D eigenvalue weighted by molar-refractivity contribution is 0.118. The van der Waals surface area contributed by atoms with E-state index in [2.05, 4.69) is 50.2 Å². The molecule has 0 bridgehead atoms. The molecule has 4 heteroatoms. The zero-order valence-electron chi connectivity index (χ0n) is 13.3. The Bertz CT molecular complexity index is 447. The third kappa shape index (κ3) is 3.30. The summed E-state index contributed by atoms with van der Waals surface area (Å²) in [5, 5.41) is 3.22. The molecule has 20 heavy (non-hydrogen) atoms. The monoisotopic (exact) mass is 277 g/mol. The number of nitrogens with zero attached hydrogens (tertiary/aromatic N) is 2. The van der Waals surface area contributed by atoms with E-state index < -0.39 is 0 Å². The lowest BCUT2D eigenvalue weighted by atomic mass is 10.1. The molecule has 1 aromatic rings. The summed E-state index contributed by atoms with van der Waals surface area (Å²) < 4.78 is 5.68. The van der Waals surface area contributed by atoms with Gasteiger partial charge >= 0.3 is 0 Å². The van der Waals surface area contributed by atoms with Crippen LogP contribution in [0.3, 0.4) is 0 Å². The van der Waals surface area contributed by atoms with E-state index in [9.17, 15) is 0 Å². The van der Waals surface area contributed by atoms with Crippen molar-refractivity contribution >= 4 is 5.82 Å². The highest BCUT2D eigenvalue weighted by molar-refractivity contribution is 5.44. The molecule has 2 atom stereocenters. The third-order valence-corrected chi connectivity index (χ3v) is 4.06. The van der Waals surface area contributed by atoms with E-state index in [1.807, 2.05) is 7.05 Å². The second-order valence-electron chi connectivity index (χ2n) is 5.99. The van der Waals surface area contributed by atoms with E-state index in [1.165, 1.54) is 5.56 Å². The van der Waals surface area contributed by atoms with Crippen molar-refractivity contribution in [2.45, 2.75) is 51.8 Å². The number of aromatic nitrogens is 1. The van der Waals surface area contributed by atoms with Gasteiger partial charge in [-0.3, -0.25) is 0 Å². The molecule has 112 valence electrons. The standard InChI is InChI=1S/C16H27N3O/c1-11(2)14-8-13(10-17-4)9-16(18-14)19(5)15-6-7-20-12(15)3/h8-9,11-12,15,17H,6-7,10H2,1-5H3. The van der Waals surface area contributed by atoms with Gasteiger partial charge in [0.2, 0.25) is 0 Å². The number of hydrogen-bond donors (Lipinski definition) is 1. The van der Waals surface area contributed by atoms with Crippen molar-refractivity contribution in [3.05, 3.63) is 23.4 Å². The molecule has 0 aliphatic carbocycles. The minimum atomic E-state index is 0.275. The van der Waals surface area contributed by atoms with Gasteiger partial charge in [-0.05, 0) is 44.0 Å². The first-order valence-electron chi connectivity index (χ1n) is 7.52. The molecule has 1 aliphatic heterocycles. The number of pyridine rings is 1. The minimum Gasteiger partial charge on any atom is -0.376 e. The summed E-state index contributed by atoms with van der Waals surface area (Å²) in [6.07, 6.45) is 1.35. The van der Waals surface area contributed by atoms with Gasteiger partial charge in [-0.25, -0.2) is 4.98 Å². The van der Waals surface area contributed by atoms with Gasteiger partial charge in [0.05, 0.1) is 12.1 Å². The van der Waals surface area contributed by atoms with Gasteiger partial charge in [-0.1, -0.05) is 13.8 Å². The summed E-state index contributed by atoms with van der Waals surface area (Å²) in [4.78, 5) is 7.12. The lowest BCUT2D eigenvalue weighted by Crippen LogP contribution is -2.37. The van der Waals surface area contributed by atoms with Gasteiger partial charge in [0.1, 0.15) is 5.82 Å². The van der Waals surface area contributed by atoms with Gasteiger partial charge in [0, 0.05) is 25.9 Å². The molecule has 4 nitrogen and oxygen atoms in total. The summed E-state index contributed by atoms with van der Waals surface area (Å²) in [5.74, 6) is 1.50. The maximum absolute atomic E-state index is 5.68. The fourth-order valence-electron chi connectivity index (χ4n) is 2.78. The highest BCUT2D eigenvalue weighted by Crippen LogP contribution is 2.25. The summed E-state index contributed by atoms with van der Waals surface area (Å²) >= 11 is 0. The number of anilines is 1. The van der Waals surface area contributed by atoms with Crippen LogP contribution in [0.1, 0.15) is 44.4 Å². The highest BCUT2D eigenvalue weighted by atomic mass is 16.5. The summed E-state index contributed by atoms with van der Waals surface area (Å²) in [6, 6.07) is 4.81. The zero-order valence-corrected chi connectivity index (χ0v) is 13.3. The second kappa shape index (κ2) is 6.55. The van der Waals surface area contributed by atoms with E-state index in [1.54, 1.807) is 0 Å². The largest absolute Gasteiger partial charge is 0.376 e. The Morgan fingerprint density at radius 2 is 2.20 bits per heavy atom. The molecular weight excluding hydrogens is 250 g/mol. The summed E-state index contributed by atoms with van der Waals surface area (Å²) in [7, 11) is 4.11. The molecule has 0 radical (unpaired) electrons. The maximum atomic E-state index is 5.68. The number of ether oxygens (including phenoxy) is 1. The molecule has 2 unspecified atom stereocenters. The predicted molar refractivity (Wildman–Crippen MR) is 83.3 cm³/mol. The van der Waals surface area contributed by atoms with Crippen molar-refractivity contribution in [2.75, 3.05) is 25.6 Å². The Labute approximate surface area is 122 Å². The molecule has 2 rings (SSSR count). The minimum absolute atomic E-state index is 0.275. The van der Waals surface area contributed by atoms with Gasteiger partial charge in [0.25, 0.3) is 0 Å².